The molecule has 1 aliphatic rings. The van der Waals surface area contributed by atoms with Gasteiger partial charge in [0.05, 0.1) is 11.4 Å². The van der Waals surface area contributed by atoms with E-state index in [9.17, 15) is 0 Å². The second kappa shape index (κ2) is 10.4. The Kier molecular flexibility index (Phi) is 7.16. The Labute approximate surface area is 180 Å². The Bertz CT molecular complexity index is 882. The second-order valence-corrected chi connectivity index (χ2v) is 7.97. The molecule has 0 saturated carbocycles. The number of para-hydroxylation sites is 2. The van der Waals surface area contributed by atoms with Crippen LogP contribution < -0.4 is 10.2 Å². The molecule has 0 radical (unpaired) electrons. The summed E-state index contributed by atoms with van der Waals surface area (Å²) >= 11 is 0. The summed E-state index contributed by atoms with van der Waals surface area (Å²) in [5.41, 5.74) is 4.89. The molecule has 1 fully saturated rings. The van der Waals surface area contributed by atoms with Crippen molar-refractivity contribution in [3.63, 3.8) is 0 Å². The van der Waals surface area contributed by atoms with Crippen molar-refractivity contribution < 1.29 is 0 Å². The van der Waals surface area contributed by atoms with Gasteiger partial charge in [0.15, 0.2) is 0 Å². The van der Waals surface area contributed by atoms with Gasteiger partial charge >= 0.3 is 0 Å². The fourth-order valence-corrected chi connectivity index (χ4v) is 4.11. The lowest BCUT2D eigenvalue weighted by atomic mass is 10.2. The number of nitrogens with zero attached hydrogens (tertiary/aromatic N) is 4. The van der Waals surface area contributed by atoms with Crippen LogP contribution in [0.5, 0.6) is 0 Å². The van der Waals surface area contributed by atoms with E-state index in [0.29, 0.717) is 0 Å². The number of aryl methyl sites for hydroxylation is 1. The van der Waals surface area contributed by atoms with E-state index in [1.165, 1.54) is 11.4 Å². The normalized spacial score (nSPS) is 14.9. The minimum absolute atomic E-state index is 0.820. The van der Waals surface area contributed by atoms with E-state index in [-0.39, 0.29) is 0 Å². The SMILES string of the molecule is CCCc1cc(CNCCN2CCN(c3ccccc3)CC2)nn1-c1ccccc1. The number of anilines is 1. The lowest BCUT2D eigenvalue weighted by molar-refractivity contribution is 0.257. The zero-order chi connectivity index (χ0) is 20.6. The van der Waals surface area contributed by atoms with Crippen LogP contribution in [0.1, 0.15) is 24.7 Å². The van der Waals surface area contributed by atoms with Gasteiger partial charge < -0.3 is 10.2 Å². The zero-order valence-corrected chi connectivity index (χ0v) is 18.0. The number of hydrogen-bond donors (Lipinski definition) is 1. The predicted octanol–water partition coefficient (Wildman–Crippen LogP) is 3.74. The van der Waals surface area contributed by atoms with Gasteiger partial charge in [-0.2, -0.15) is 5.10 Å². The molecule has 1 aliphatic heterocycles. The van der Waals surface area contributed by atoms with Crippen molar-refractivity contribution in [1.82, 2.24) is 20.0 Å². The summed E-state index contributed by atoms with van der Waals surface area (Å²) in [4.78, 5) is 5.03. The van der Waals surface area contributed by atoms with Gasteiger partial charge in [0.2, 0.25) is 0 Å². The molecule has 4 rings (SSSR count). The lowest BCUT2D eigenvalue weighted by Crippen LogP contribution is -2.48. The van der Waals surface area contributed by atoms with E-state index in [1.807, 2.05) is 0 Å². The van der Waals surface area contributed by atoms with Gasteiger partial charge in [-0.05, 0) is 36.8 Å². The molecule has 0 amide bonds. The Morgan fingerprint density at radius 2 is 1.53 bits per heavy atom. The summed E-state index contributed by atoms with van der Waals surface area (Å²) in [7, 11) is 0. The second-order valence-electron chi connectivity index (χ2n) is 7.97. The minimum atomic E-state index is 0.820. The monoisotopic (exact) mass is 403 g/mol. The quantitative estimate of drug-likeness (QED) is 0.552. The molecular formula is C25H33N5. The molecule has 0 unspecified atom stereocenters. The Hall–Kier alpha value is -2.63. The van der Waals surface area contributed by atoms with E-state index >= 15 is 0 Å². The first-order valence-electron chi connectivity index (χ1n) is 11.2. The van der Waals surface area contributed by atoms with Crippen LogP contribution in [0.3, 0.4) is 0 Å². The number of aromatic nitrogens is 2. The maximum absolute atomic E-state index is 4.86. The highest BCUT2D eigenvalue weighted by atomic mass is 15.3. The van der Waals surface area contributed by atoms with E-state index in [0.717, 1.165) is 70.0 Å². The molecule has 1 N–H and O–H groups in total. The summed E-state index contributed by atoms with van der Waals surface area (Å²) in [5, 5.41) is 8.46. The molecule has 0 bridgehead atoms. The van der Waals surface area contributed by atoms with Gasteiger partial charge in [-0.1, -0.05) is 49.7 Å². The van der Waals surface area contributed by atoms with Crippen molar-refractivity contribution >= 4 is 5.69 Å². The first-order valence-corrected chi connectivity index (χ1v) is 11.2. The highest BCUT2D eigenvalue weighted by Gasteiger charge is 2.16. The summed E-state index contributed by atoms with van der Waals surface area (Å²) < 4.78 is 2.10. The Morgan fingerprint density at radius 3 is 2.20 bits per heavy atom. The van der Waals surface area contributed by atoms with Gasteiger partial charge in [-0.3, -0.25) is 4.90 Å². The molecule has 1 aromatic heterocycles. The summed E-state index contributed by atoms with van der Waals surface area (Å²) in [5.74, 6) is 0. The average molecular weight is 404 g/mol. The van der Waals surface area contributed by atoms with Crippen LogP contribution in [0.25, 0.3) is 5.69 Å². The van der Waals surface area contributed by atoms with Crippen molar-refractivity contribution in [1.29, 1.82) is 0 Å². The largest absolute Gasteiger partial charge is 0.369 e. The van der Waals surface area contributed by atoms with Gasteiger partial charge in [0, 0.05) is 57.2 Å². The fourth-order valence-electron chi connectivity index (χ4n) is 4.11. The molecule has 0 spiro atoms. The molecule has 5 nitrogen and oxygen atoms in total. The first-order chi connectivity index (χ1) is 14.8. The third kappa shape index (κ3) is 5.29. The van der Waals surface area contributed by atoms with Gasteiger partial charge in [0.1, 0.15) is 0 Å². The van der Waals surface area contributed by atoms with Crippen LogP contribution in [0.2, 0.25) is 0 Å². The fraction of sp³-hybridized carbons (Fsp3) is 0.400. The van der Waals surface area contributed by atoms with Crippen molar-refractivity contribution in [2.24, 2.45) is 0 Å². The first kappa shape index (κ1) is 20.6. The highest BCUT2D eigenvalue weighted by molar-refractivity contribution is 5.46. The Balaban J connectivity index is 1.23. The van der Waals surface area contributed by atoms with Gasteiger partial charge in [-0.25, -0.2) is 4.68 Å². The topological polar surface area (TPSA) is 36.3 Å². The Morgan fingerprint density at radius 1 is 0.867 bits per heavy atom. The van der Waals surface area contributed by atoms with E-state index in [2.05, 4.69) is 93.5 Å². The van der Waals surface area contributed by atoms with Crippen LogP contribution in [0.15, 0.2) is 66.7 Å². The van der Waals surface area contributed by atoms with E-state index in [4.69, 9.17) is 5.10 Å². The van der Waals surface area contributed by atoms with Crippen LogP contribution in [0, 0.1) is 0 Å². The third-order valence-corrected chi connectivity index (χ3v) is 5.75. The lowest BCUT2D eigenvalue weighted by Gasteiger charge is -2.36. The van der Waals surface area contributed by atoms with E-state index in [1.54, 1.807) is 0 Å². The molecule has 2 heterocycles. The van der Waals surface area contributed by atoms with Crippen LogP contribution >= 0.6 is 0 Å². The number of piperazine rings is 1. The number of benzene rings is 2. The van der Waals surface area contributed by atoms with Crippen LogP contribution in [-0.4, -0.2) is 53.9 Å². The smallest absolute Gasteiger partial charge is 0.0769 e. The maximum Gasteiger partial charge on any atom is 0.0769 e. The van der Waals surface area contributed by atoms with Crippen molar-refractivity contribution in [3.8, 4) is 5.69 Å². The molecule has 2 aromatic carbocycles. The van der Waals surface area contributed by atoms with Crippen molar-refractivity contribution in [2.45, 2.75) is 26.3 Å². The molecule has 3 aromatic rings. The highest BCUT2D eigenvalue weighted by Crippen LogP contribution is 2.16. The van der Waals surface area contributed by atoms with Crippen molar-refractivity contribution in [2.75, 3.05) is 44.2 Å². The molecule has 30 heavy (non-hydrogen) atoms. The molecule has 1 saturated heterocycles. The number of nitrogens with one attached hydrogen (secondary N) is 1. The maximum atomic E-state index is 4.86. The molecular weight excluding hydrogens is 370 g/mol. The number of rotatable bonds is 9. The standard InChI is InChI=1S/C25H33N5/c1-2-9-25-20-22(27-30(25)24-12-7-4-8-13-24)21-26-14-15-28-16-18-29(19-17-28)23-10-5-3-6-11-23/h3-8,10-13,20,26H,2,9,14-19,21H2,1H3. The van der Waals surface area contributed by atoms with Gasteiger partial charge in [-0.15, -0.1) is 0 Å². The predicted molar refractivity (Wildman–Crippen MR) is 124 cm³/mol. The summed E-state index contributed by atoms with van der Waals surface area (Å²) in [6, 6.07) is 23.4. The summed E-state index contributed by atoms with van der Waals surface area (Å²) in [6.45, 7) is 9.58. The summed E-state index contributed by atoms with van der Waals surface area (Å²) in [6.07, 6.45) is 2.17. The minimum Gasteiger partial charge on any atom is -0.369 e. The average Bonchev–Trinajstić information content (AvgIpc) is 3.21. The molecule has 0 aliphatic carbocycles. The molecule has 0 atom stereocenters. The van der Waals surface area contributed by atoms with Crippen molar-refractivity contribution in [3.05, 3.63) is 78.1 Å². The molecule has 158 valence electrons. The van der Waals surface area contributed by atoms with E-state index < -0.39 is 0 Å². The van der Waals surface area contributed by atoms with Gasteiger partial charge in [0.25, 0.3) is 0 Å². The van der Waals surface area contributed by atoms with Crippen LogP contribution in [-0.2, 0) is 13.0 Å². The zero-order valence-electron chi connectivity index (χ0n) is 18.0. The van der Waals surface area contributed by atoms with Crippen LogP contribution in [0.4, 0.5) is 5.69 Å². The molecule has 5 heteroatoms. The third-order valence-electron chi connectivity index (χ3n) is 5.75. The number of hydrogen-bond acceptors (Lipinski definition) is 4.